The number of alkyl halides is 6. The van der Waals surface area contributed by atoms with E-state index in [9.17, 15) is 107 Å². The minimum Gasteiger partial charge on any atom is -0.507 e. The molecule has 320 valence electrons. The minimum atomic E-state index is -6.11. The number of urea groups is 1. The molecule has 3 unspecified atom stereocenters. The third-order valence-corrected chi connectivity index (χ3v) is 10.5. The molecule has 2 aromatic carbocycles. The lowest BCUT2D eigenvalue weighted by Gasteiger charge is -2.65. The molecular formula is C31H37F7N4O15. The first-order valence-electron chi connectivity index (χ1n) is 16.0. The Morgan fingerprint density at radius 2 is 1.14 bits per heavy atom. The summed E-state index contributed by atoms with van der Waals surface area (Å²) in [6.07, 6.45) is -12.2. The molecule has 2 heterocycles. The number of likely N-dealkylation sites (tertiary alicyclic amines) is 1. The Morgan fingerprint density at radius 3 is 1.54 bits per heavy atom. The van der Waals surface area contributed by atoms with E-state index in [4.69, 9.17) is 0 Å². The van der Waals surface area contributed by atoms with Crippen molar-refractivity contribution in [2.24, 2.45) is 0 Å². The van der Waals surface area contributed by atoms with Gasteiger partial charge in [-0.05, 0) is 20.8 Å². The molecule has 2 fully saturated rings. The number of hydrogen-bond donors (Lipinski definition) is 13. The van der Waals surface area contributed by atoms with Gasteiger partial charge in [0.25, 0.3) is 5.79 Å². The predicted molar refractivity (Wildman–Crippen MR) is 169 cm³/mol. The highest BCUT2D eigenvalue weighted by atomic mass is 19.4. The maximum Gasteiger partial charge on any atom is 0.423 e. The van der Waals surface area contributed by atoms with Crippen molar-refractivity contribution in [3.63, 3.8) is 0 Å². The van der Waals surface area contributed by atoms with Crippen LogP contribution in [0.2, 0.25) is 0 Å². The van der Waals surface area contributed by atoms with Gasteiger partial charge in [-0.3, -0.25) is 19.5 Å². The predicted octanol–water partition coefficient (Wildman–Crippen LogP) is -0.614. The average Bonchev–Trinajstić information content (AvgIpc) is 3.03. The standard InChI is InChI=1S/C31H37F7N4O15/c1-10-12(21(48)22(49)16(32)17(10)44)25(3)27(52,53)23(41-8-6-40(7-9-41)11(2)43)28(54,55)31(56,57)42(25)24(50)39(5)26(4,51)13-18(45)14(29(33,34)35)20(47)15(19(13)46)30(36,37)38/h23,44-49,51-57H,6-9H2,1-5H3. The first-order valence-corrected chi connectivity index (χ1v) is 16.0. The number of carbonyl (C=O) groups excluding carboxylic acids is 2. The van der Waals surface area contributed by atoms with E-state index in [-0.39, 0.29) is 27.1 Å². The number of piperazine rings is 1. The van der Waals surface area contributed by atoms with Crippen molar-refractivity contribution >= 4 is 11.9 Å². The summed E-state index contributed by atoms with van der Waals surface area (Å²) in [4.78, 5) is 27.0. The molecule has 0 aromatic heterocycles. The van der Waals surface area contributed by atoms with Crippen molar-refractivity contribution in [2.45, 2.75) is 74.8 Å². The third-order valence-electron chi connectivity index (χ3n) is 10.5. The second-order valence-electron chi connectivity index (χ2n) is 13.8. The normalized spacial score (nSPS) is 23.6. The third kappa shape index (κ3) is 6.21. The van der Waals surface area contributed by atoms with Gasteiger partial charge in [-0.2, -0.15) is 30.7 Å². The fourth-order valence-corrected chi connectivity index (χ4v) is 7.39. The molecule has 0 radical (unpaired) electrons. The highest BCUT2D eigenvalue weighted by Gasteiger charge is 2.80. The number of hydrogen-bond acceptors (Lipinski definition) is 16. The second-order valence-corrected chi connectivity index (χ2v) is 13.8. The van der Waals surface area contributed by atoms with Gasteiger partial charge in [0.15, 0.2) is 23.0 Å². The lowest BCUT2D eigenvalue weighted by Crippen LogP contribution is -2.90. The monoisotopic (exact) mass is 838 g/mol. The maximum atomic E-state index is 14.8. The van der Waals surface area contributed by atoms with Crippen molar-refractivity contribution in [1.29, 1.82) is 0 Å². The zero-order valence-corrected chi connectivity index (χ0v) is 30.0. The van der Waals surface area contributed by atoms with Gasteiger partial charge in [-0.1, -0.05) is 0 Å². The smallest absolute Gasteiger partial charge is 0.423 e. The number of benzene rings is 2. The highest BCUT2D eigenvalue weighted by Crippen LogP contribution is 2.60. The van der Waals surface area contributed by atoms with Gasteiger partial charge in [-0.25, -0.2) is 4.79 Å². The van der Waals surface area contributed by atoms with Crippen molar-refractivity contribution in [3.05, 3.63) is 33.6 Å². The van der Waals surface area contributed by atoms with E-state index >= 15 is 0 Å². The van der Waals surface area contributed by atoms with Crippen LogP contribution in [-0.2, 0) is 28.4 Å². The molecule has 0 aliphatic carbocycles. The molecule has 3 atom stereocenters. The Hall–Kier alpha value is -4.83. The Kier molecular flexibility index (Phi) is 10.5. The Balaban J connectivity index is 2.12. The second kappa shape index (κ2) is 13.4. The van der Waals surface area contributed by atoms with Crippen LogP contribution < -0.4 is 0 Å². The number of aromatic hydroxyl groups is 6. The lowest BCUT2D eigenvalue weighted by atomic mass is 9.68. The average molecular weight is 839 g/mol. The summed E-state index contributed by atoms with van der Waals surface area (Å²) in [7, 11) is 0.192. The van der Waals surface area contributed by atoms with E-state index in [0.29, 0.717) is 18.7 Å². The van der Waals surface area contributed by atoms with Crippen molar-refractivity contribution in [2.75, 3.05) is 33.2 Å². The largest absolute Gasteiger partial charge is 0.507 e. The van der Waals surface area contributed by atoms with Gasteiger partial charge in [0, 0.05) is 51.3 Å². The van der Waals surface area contributed by atoms with Gasteiger partial charge in [0.2, 0.25) is 17.5 Å². The molecule has 13 N–H and O–H groups in total. The van der Waals surface area contributed by atoms with E-state index in [1.807, 2.05) is 0 Å². The molecule has 2 aromatic rings. The zero-order chi connectivity index (χ0) is 44.3. The van der Waals surface area contributed by atoms with E-state index < -0.39 is 150 Å². The van der Waals surface area contributed by atoms with Gasteiger partial charge in [-0.15, -0.1) is 0 Å². The Morgan fingerprint density at radius 1 is 0.719 bits per heavy atom. The highest BCUT2D eigenvalue weighted by molar-refractivity contribution is 5.79. The fraction of sp³-hybridized carbons (Fsp3) is 0.548. The molecule has 2 saturated heterocycles. The number of phenolic OH excluding ortho intramolecular Hbond substituents is 6. The summed E-state index contributed by atoms with van der Waals surface area (Å²) in [6.45, 7) is 0.433. The van der Waals surface area contributed by atoms with Crippen LogP contribution in [0.1, 0.15) is 48.6 Å². The van der Waals surface area contributed by atoms with E-state index in [1.165, 1.54) is 0 Å². The van der Waals surface area contributed by atoms with Crippen molar-refractivity contribution < 1.29 is 107 Å². The minimum absolute atomic E-state index is 0.0978. The van der Waals surface area contributed by atoms with E-state index in [0.717, 1.165) is 11.8 Å². The van der Waals surface area contributed by atoms with Crippen LogP contribution in [0.25, 0.3) is 0 Å². The maximum absolute atomic E-state index is 14.8. The van der Waals surface area contributed by atoms with Crippen LogP contribution in [0.5, 0.6) is 34.5 Å². The molecule has 2 aliphatic rings. The number of aliphatic hydroxyl groups is 7. The molecule has 19 nitrogen and oxygen atoms in total. The van der Waals surface area contributed by atoms with Gasteiger partial charge in [0.05, 0.1) is 5.56 Å². The molecular weight excluding hydrogens is 801 g/mol. The summed E-state index contributed by atoms with van der Waals surface area (Å²) in [5, 5.41) is 145. The number of amides is 3. The van der Waals surface area contributed by atoms with Gasteiger partial charge < -0.3 is 71.3 Å². The first kappa shape index (κ1) is 44.9. The number of piperidine rings is 1. The summed E-state index contributed by atoms with van der Waals surface area (Å²) < 4.78 is 98.6. The lowest BCUT2D eigenvalue weighted by molar-refractivity contribution is -0.498. The van der Waals surface area contributed by atoms with Crippen LogP contribution in [0.15, 0.2) is 0 Å². The number of halogens is 7. The van der Waals surface area contributed by atoms with Crippen molar-refractivity contribution in [3.8, 4) is 34.5 Å². The van der Waals surface area contributed by atoms with Crippen molar-refractivity contribution in [1.82, 2.24) is 19.6 Å². The van der Waals surface area contributed by atoms with Crippen LogP contribution in [0.3, 0.4) is 0 Å². The summed E-state index contributed by atoms with van der Waals surface area (Å²) in [5.74, 6) is -29.4. The molecule has 2 aliphatic heterocycles. The molecule has 26 heteroatoms. The summed E-state index contributed by atoms with van der Waals surface area (Å²) in [5.41, 5.74) is -18.5. The Labute approximate surface area is 314 Å². The number of rotatable bonds is 4. The van der Waals surface area contributed by atoms with Gasteiger partial charge >= 0.3 is 24.3 Å². The number of phenols is 6. The molecule has 57 heavy (non-hydrogen) atoms. The molecule has 3 amide bonds. The van der Waals surface area contributed by atoms with E-state index in [1.54, 1.807) is 0 Å². The number of carbonyl (C=O) groups is 2. The van der Waals surface area contributed by atoms with Crippen LogP contribution in [-0.4, -0.2) is 155 Å². The number of nitrogens with zero attached hydrogens (tertiary/aromatic N) is 4. The zero-order valence-electron chi connectivity index (χ0n) is 30.0. The van der Waals surface area contributed by atoms with Crippen LogP contribution in [0.4, 0.5) is 35.5 Å². The molecule has 0 bridgehead atoms. The summed E-state index contributed by atoms with van der Waals surface area (Å²) >= 11 is 0. The molecule has 0 saturated carbocycles. The molecule has 4 rings (SSSR count). The Bertz CT molecular complexity index is 1930. The van der Waals surface area contributed by atoms with Crippen LogP contribution >= 0.6 is 0 Å². The first-order chi connectivity index (χ1) is 25.5. The molecule has 0 spiro atoms. The van der Waals surface area contributed by atoms with Crippen LogP contribution in [0, 0.1) is 12.7 Å². The summed E-state index contributed by atoms with van der Waals surface area (Å²) in [6, 6.07) is -5.51. The quantitative estimate of drug-likeness (QED) is 0.0791. The fourth-order valence-electron chi connectivity index (χ4n) is 7.39. The van der Waals surface area contributed by atoms with Gasteiger partial charge in [0.1, 0.15) is 40.0 Å². The van der Waals surface area contributed by atoms with E-state index in [2.05, 4.69) is 0 Å². The topological polar surface area (TPSA) is 310 Å². The SMILES string of the molecule is CC(=O)N1CCN(C2C(O)(O)C(O)(O)N(C(=O)N(C)C(C)(O)c3c(O)c(C(F)(F)F)c(O)c(C(F)(F)F)c3O)C(C)(c3c(C)c(O)c(F)c(O)c3O)C2(O)O)CC1.